The summed E-state index contributed by atoms with van der Waals surface area (Å²) in [5, 5.41) is 7.12. The molecule has 12 heteroatoms. The van der Waals surface area contributed by atoms with Crippen LogP contribution >= 0.6 is 0 Å². The topological polar surface area (TPSA) is 81.1 Å². The van der Waals surface area contributed by atoms with Gasteiger partial charge in [-0.3, -0.25) is 0 Å². The number of carboxylic acids is 1. The van der Waals surface area contributed by atoms with Gasteiger partial charge in [0.2, 0.25) is 0 Å². The van der Waals surface area contributed by atoms with Gasteiger partial charge in [0.15, 0.2) is 11.6 Å². The number of imidazole rings is 1. The number of carboxylic acid groups (broad SMARTS) is 1. The van der Waals surface area contributed by atoms with Gasteiger partial charge in [0.25, 0.3) is 0 Å². The lowest BCUT2D eigenvalue weighted by molar-refractivity contribution is -0.192. The zero-order valence-corrected chi connectivity index (χ0v) is 15.4. The summed E-state index contributed by atoms with van der Waals surface area (Å²) in [5.41, 5.74) is 7.42. The van der Waals surface area contributed by atoms with Gasteiger partial charge in [-0.15, -0.1) is 0 Å². The molecule has 4 rings (SSSR count). The molecule has 2 atom stereocenters. The highest BCUT2D eigenvalue weighted by Gasteiger charge is 2.38. The van der Waals surface area contributed by atoms with Crippen molar-refractivity contribution in [2.24, 2.45) is 5.73 Å². The number of halogens is 7. The van der Waals surface area contributed by atoms with Gasteiger partial charge < -0.3 is 15.4 Å². The maximum atomic E-state index is 14.1. The highest BCUT2D eigenvalue weighted by atomic mass is 19.4. The molecule has 1 aliphatic rings. The van der Waals surface area contributed by atoms with Crippen molar-refractivity contribution in [2.45, 2.75) is 31.1 Å². The Bertz CT molecular complexity index is 1140. The molecule has 5 nitrogen and oxygen atoms in total. The Kier molecular flexibility index (Phi) is 5.94. The molecule has 1 aliphatic heterocycles. The summed E-state index contributed by atoms with van der Waals surface area (Å²) in [6, 6.07) is 5.16. The third-order valence-electron chi connectivity index (χ3n) is 4.78. The summed E-state index contributed by atoms with van der Waals surface area (Å²) in [5.74, 6) is -6.24. The van der Waals surface area contributed by atoms with Crippen LogP contribution in [0.3, 0.4) is 0 Å². The van der Waals surface area contributed by atoms with E-state index in [1.807, 2.05) is 4.57 Å². The number of nitrogens with zero attached hydrogens (tertiary/aromatic N) is 2. The van der Waals surface area contributed by atoms with Crippen molar-refractivity contribution in [3.8, 4) is 0 Å². The summed E-state index contributed by atoms with van der Waals surface area (Å²) < 4.78 is 87.7. The molecule has 31 heavy (non-hydrogen) atoms. The van der Waals surface area contributed by atoms with Gasteiger partial charge >= 0.3 is 12.1 Å². The summed E-state index contributed by atoms with van der Waals surface area (Å²) in [6.45, 7) is 0.334. The monoisotopic (exact) mass is 449 g/mol. The SMILES string of the molecule is N[C@H]1Cn2c(nc3cc(F)ccc32)C[C@@H]1c1cc(F)c(F)cc1F.O=C(O)C(F)(F)F. The minimum Gasteiger partial charge on any atom is -0.475 e. The molecule has 0 aliphatic carbocycles. The Morgan fingerprint density at radius 2 is 1.68 bits per heavy atom. The van der Waals surface area contributed by atoms with E-state index in [1.54, 1.807) is 6.07 Å². The van der Waals surface area contributed by atoms with E-state index < -0.39 is 47.4 Å². The van der Waals surface area contributed by atoms with Crippen molar-refractivity contribution in [2.75, 3.05) is 0 Å². The second-order valence-corrected chi connectivity index (χ2v) is 6.84. The molecule has 3 N–H and O–H groups in total. The van der Waals surface area contributed by atoms with Crippen LogP contribution in [0.2, 0.25) is 0 Å². The molecular weight excluding hydrogens is 435 g/mol. The number of carbonyl (C=O) groups is 1. The average Bonchev–Trinajstić information content (AvgIpc) is 3.00. The van der Waals surface area contributed by atoms with Crippen LogP contribution in [0.5, 0.6) is 0 Å². The molecule has 0 spiro atoms. The van der Waals surface area contributed by atoms with Crippen molar-refractivity contribution in [3.05, 3.63) is 65.0 Å². The van der Waals surface area contributed by atoms with E-state index in [9.17, 15) is 30.7 Å². The van der Waals surface area contributed by atoms with Crippen LogP contribution in [0.4, 0.5) is 30.7 Å². The fraction of sp³-hybridized carbons (Fsp3) is 0.263. The first-order chi connectivity index (χ1) is 14.4. The van der Waals surface area contributed by atoms with E-state index in [0.717, 1.165) is 11.6 Å². The molecule has 2 heterocycles. The van der Waals surface area contributed by atoms with Crippen LogP contribution in [0.25, 0.3) is 11.0 Å². The van der Waals surface area contributed by atoms with Crippen LogP contribution < -0.4 is 5.73 Å². The van der Waals surface area contributed by atoms with E-state index >= 15 is 0 Å². The van der Waals surface area contributed by atoms with Gasteiger partial charge in [-0.25, -0.2) is 27.3 Å². The molecule has 0 amide bonds. The number of alkyl halides is 3. The first-order valence-corrected chi connectivity index (χ1v) is 8.73. The van der Waals surface area contributed by atoms with E-state index in [4.69, 9.17) is 15.6 Å². The summed E-state index contributed by atoms with van der Waals surface area (Å²) in [6.07, 6.45) is -4.82. The van der Waals surface area contributed by atoms with Gasteiger partial charge in [-0.1, -0.05) is 0 Å². The number of fused-ring (bicyclic) bond motifs is 3. The third kappa shape index (κ3) is 4.63. The molecule has 0 radical (unpaired) electrons. The molecular formula is C19H14F7N3O2. The second-order valence-electron chi connectivity index (χ2n) is 6.84. The van der Waals surface area contributed by atoms with Crippen LogP contribution in [-0.4, -0.2) is 32.8 Å². The number of hydrogen-bond donors (Lipinski definition) is 2. The molecule has 166 valence electrons. The predicted octanol–water partition coefficient (Wildman–Crippen LogP) is 3.89. The standard InChI is InChI=1S/C17H13F4N3.C2HF3O2/c18-8-1-2-16-15(3-8)23-17-5-10(14(22)7-24(16)17)9-4-12(20)13(21)6-11(9)19;3-2(4,5)1(6)7/h1-4,6,10,14H,5,7,22H2;(H,6,7)/t10-,14+;/m1./s1. The molecule has 0 saturated heterocycles. The minimum absolute atomic E-state index is 0.0332. The Balaban J connectivity index is 0.000000339. The minimum atomic E-state index is -5.08. The second kappa shape index (κ2) is 8.17. The van der Waals surface area contributed by atoms with Gasteiger partial charge in [0, 0.05) is 37.1 Å². The third-order valence-corrected chi connectivity index (χ3v) is 4.78. The molecule has 2 aromatic carbocycles. The zero-order valence-electron chi connectivity index (χ0n) is 15.4. The van der Waals surface area contributed by atoms with Crippen LogP contribution in [0.15, 0.2) is 30.3 Å². The lowest BCUT2D eigenvalue weighted by Gasteiger charge is -2.30. The predicted molar refractivity (Wildman–Crippen MR) is 94.1 cm³/mol. The number of hydrogen-bond acceptors (Lipinski definition) is 3. The number of aliphatic carboxylic acids is 1. The number of benzene rings is 2. The van der Waals surface area contributed by atoms with Crippen LogP contribution in [0.1, 0.15) is 17.3 Å². The first-order valence-electron chi connectivity index (χ1n) is 8.73. The molecule has 0 unspecified atom stereocenters. The van der Waals surface area contributed by atoms with Gasteiger partial charge in [-0.2, -0.15) is 13.2 Å². The van der Waals surface area contributed by atoms with Gasteiger partial charge in [0.05, 0.1) is 11.0 Å². The van der Waals surface area contributed by atoms with E-state index in [1.165, 1.54) is 12.1 Å². The van der Waals surface area contributed by atoms with Crippen molar-refractivity contribution < 1.29 is 40.6 Å². The molecule has 0 saturated carbocycles. The maximum absolute atomic E-state index is 14.1. The average molecular weight is 449 g/mol. The number of rotatable bonds is 1. The summed E-state index contributed by atoms with van der Waals surface area (Å²) in [4.78, 5) is 13.3. The highest BCUT2D eigenvalue weighted by Crippen LogP contribution is 2.33. The quantitative estimate of drug-likeness (QED) is 0.436. The van der Waals surface area contributed by atoms with Crippen molar-refractivity contribution in [1.29, 1.82) is 0 Å². The molecule has 0 bridgehead atoms. The maximum Gasteiger partial charge on any atom is 0.490 e. The van der Waals surface area contributed by atoms with E-state index in [2.05, 4.69) is 4.98 Å². The Morgan fingerprint density at radius 1 is 1.06 bits per heavy atom. The Hall–Kier alpha value is -3.15. The van der Waals surface area contributed by atoms with E-state index in [-0.39, 0.29) is 12.0 Å². The normalized spacial score (nSPS) is 18.3. The molecule has 0 fully saturated rings. The summed E-state index contributed by atoms with van der Waals surface area (Å²) >= 11 is 0. The van der Waals surface area contributed by atoms with Gasteiger partial charge in [0.1, 0.15) is 17.5 Å². The van der Waals surface area contributed by atoms with Crippen molar-refractivity contribution in [3.63, 3.8) is 0 Å². The molecule has 3 aromatic rings. The smallest absolute Gasteiger partial charge is 0.475 e. The fourth-order valence-electron chi connectivity index (χ4n) is 3.36. The summed E-state index contributed by atoms with van der Waals surface area (Å²) in [7, 11) is 0. The number of nitrogens with two attached hydrogens (primary N) is 1. The lowest BCUT2D eigenvalue weighted by atomic mass is 9.86. The van der Waals surface area contributed by atoms with Crippen LogP contribution in [-0.2, 0) is 17.8 Å². The van der Waals surface area contributed by atoms with Crippen molar-refractivity contribution in [1.82, 2.24) is 9.55 Å². The van der Waals surface area contributed by atoms with E-state index in [0.29, 0.717) is 24.0 Å². The largest absolute Gasteiger partial charge is 0.490 e. The Morgan fingerprint density at radius 3 is 2.29 bits per heavy atom. The van der Waals surface area contributed by atoms with Gasteiger partial charge in [-0.05, 0) is 23.8 Å². The Labute approximate surface area is 169 Å². The zero-order chi connectivity index (χ0) is 23.1. The molecule has 1 aromatic heterocycles. The van der Waals surface area contributed by atoms with Crippen LogP contribution in [0, 0.1) is 23.3 Å². The fourth-order valence-corrected chi connectivity index (χ4v) is 3.36. The lowest BCUT2D eigenvalue weighted by Crippen LogP contribution is -2.39. The number of aromatic nitrogens is 2. The first kappa shape index (κ1) is 22.5. The highest BCUT2D eigenvalue weighted by molar-refractivity contribution is 5.76. The van der Waals surface area contributed by atoms with Crippen molar-refractivity contribution >= 4 is 17.0 Å².